The van der Waals surface area contributed by atoms with Gasteiger partial charge in [-0.15, -0.1) is 11.3 Å². The van der Waals surface area contributed by atoms with Crippen LogP contribution >= 0.6 is 11.3 Å². The highest BCUT2D eigenvalue weighted by Crippen LogP contribution is 2.44. The van der Waals surface area contributed by atoms with Crippen molar-refractivity contribution in [2.75, 3.05) is 50.5 Å². The molecule has 3 aromatic heterocycles. The van der Waals surface area contributed by atoms with Gasteiger partial charge in [-0.1, -0.05) is 12.8 Å². The lowest BCUT2D eigenvalue weighted by atomic mass is 9.94. The molecule has 0 spiro atoms. The second-order valence-electron chi connectivity index (χ2n) is 10.5. The highest BCUT2D eigenvalue weighted by molar-refractivity contribution is 7.21. The van der Waals surface area contributed by atoms with Crippen molar-refractivity contribution >= 4 is 44.7 Å². The molecule has 5 heterocycles. The second-order valence-corrected chi connectivity index (χ2v) is 11.6. The van der Waals surface area contributed by atoms with E-state index in [4.69, 9.17) is 0 Å². The Morgan fingerprint density at radius 3 is 2.69 bits per heavy atom. The fraction of sp³-hybridized carbons (Fsp3) is 0.519. The summed E-state index contributed by atoms with van der Waals surface area (Å²) in [6.45, 7) is 4.04. The average molecular weight is 509 g/mol. The molecule has 2 saturated heterocycles. The number of piperazine rings is 1. The lowest BCUT2D eigenvalue weighted by Gasteiger charge is -2.38. The number of anilines is 3. The molecule has 36 heavy (non-hydrogen) atoms. The third kappa shape index (κ3) is 4.32. The first kappa shape index (κ1) is 23.6. The lowest BCUT2D eigenvalue weighted by Crippen LogP contribution is -2.50. The van der Waals surface area contributed by atoms with Crippen molar-refractivity contribution in [3.05, 3.63) is 40.8 Å². The van der Waals surface area contributed by atoms with Gasteiger partial charge in [0.15, 0.2) is 11.6 Å². The predicted octanol–water partition coefficient (Wildman–Crippen LogP) is 5.22. The van der Waals surface area contributed by atoms with Gasteiger partial charge in [-0.25, -0.2) is 14.4 Å². The number of halogens is 1. The van der Waals surface area contributed by atoms with Gasteiger partial charge in [0.1, 0.15) is 5.82 Å². The fourth-order valence-corrected chi connectivity index (χ4v) is 7.37. The number of nitrogens with one attached hydrogen (secondary N) is 1. The van der Waals surface area contributed by atoms with Crippen LogP contribution in [0.5, 0.6) is 0 Å². The molecule has 1 amide bonds. The molecule has 0 bridgehead atoms. The number of hydrogen-bond acceptors (Lipinski definition) is 7. The summed E-state index contributed by atoms with van der Waals surface area (Å²) in [5.41, 5.74) is 1.97. The van der Waals surface area contributed by atoms with E-state index < -0.39 is 0 Å². The van der Waals surface area contributed by atoms with Gasteiger partial charge in [0.25, 0.3) is 5.91 Å². The maximum atomic E-state index is 15.2. The molecule has 1 aliphatic carbocycles. The van der Waals surface area contributed by atoms with Crippen LogP contribution < -0.4 is 10.2 Å². The Balaban J connectivity index is 1.27. The van der Waals surface area contributed by atoms with Gasteiger partial charge in [0, 0.05) is 57.4 Å². The number of carbonyl (C=O) groups excluding carboxylic acids is 1. The van der Waals surface area contributed by atoms with Crippen molar-refractivity contribution in [3.63, 3.8) is 0 Å². The molecular weight excluding hydrogens is 475 g/mol. The summed E-state index contributed by atoms with van der Waals surface area (Å²) in [4.78, 5) is 29.2. The van der Waals surface area contributed by atoms with Gasteiger partial charge in [0.2, 0.25) is 0 Å². The SMILES string of the molecule is CN(C)C(=O)c1sc2cnc(Nc3ncc(N4CCN5CCC[C@@H]5C4)cc3F)cc2c1C1CCCC1. The zero-order valence-corrected chi connectivity index (χ0v) is 21.8. The third-order valence-electron chi connectivity index (χ3n) is 8.00. The molecule has 2 aliphatic heterocycles. The molecule has 190 valence electrons. The van der Waals surface area contributed by atoms with Gasteiger partial charge in [-0.2, -0.15) is 0 Å². The number of aromatic nitrogens is 2. The maximum absolute atomic E-state index is 15.2. The molecule has 0 radical (unpaired) electrons. The minimum absolute atomic E-state index is 0.0364. The summed E-state index contributed by atoms with van der Waals surface area (Å²) >= 11 is 1.51. The van der Waals surface area contributed by atoms with Crippen LogP contribution in [-0.4, -0.2) is 72.0 Å². The summed E-state index contributed by atoms with van der Waals surface area (Å²) in [6, 6.07) is 4.11. The summed E-state index contributed by atoms with van der Waals surface area (Å²) in [7, 11) is 3.59. The number of pyridine rings is 2. The third-order valence-corrected chi connectivity index (χ3v) is 9.15. The zero-order chi connectivity index (χ0) is 24.8. The van der Waals surface area contributed by atoms with Crippen molar-refractivity contribution < 1.29 is 9.18 Å². The Morgan fingerprint density at radius 2 is 1.92 bits per heavy atom. The molecule has 3 aromatic rings. The Bertz CT molecular complexity index is 1290. The van der Waals surface area contributed by atoms with Crippen molar-refractivity contribution in [3.8, 4) is 0 Å². The standard InChI is InChI=1S/C27H33FN6OS/c1-32(2)27(35)25-24(17-6-3-4-7-17)20-13-23(29-15-22(20)36-25)31-26-21(28)12-19(14-30-26)34-11-10-33-9-5-8-18(33)16-34/h12-15,17-18H,3-11,16H2,1-2H3,(H,29,30,31)/t18-/m1/s1. The minimum Gasteiger partial charge on any atom is -0.367 e. The fourth-order valence-electron chi connectivity index (χ4n) is 6.11. The number of rotatable bonds is 5. The first-order valence-corrected chi connectivity index (χ1v) is 13.8. The number of carbonyl (C=O) groups is 1. The Labute approximate surface area is 215 Å². The topological polar surface area (TPSA) is 64.6 Å². The summed E-state index contributed by atoms with van der Waals surface area (Å²) in [6.07, 6.45) is 10.6. The van der Waals surface area contributed by atoms with Crippen LogP contribution in [0, 0.1) is 5.82 Å². The summed E-state index contributed by atoms with van der Waals surface area (Å²) < 4.78 is 16.1. The molecule has 3 fully saturated rings. The Morgan fingerprint density at radius 1 is 1.08 bits per heavy atom. The predicted molar refractivity (Wildman–Crippen MR) is 143 cm³/mol. The number of thiophene rings is 1. The first-order chi connectivity index (χ1) is 17.5. The number of nitrogens with zero attached hydrogens (tertiary/aromatic N) is 5. The van der Waals surface area contributed by atoms with E-state index in [1.807, 2.05) is 6.07 Å². The largest absolute Gasteiger partial charge is 0.367 e. The van der Waals surface area contributed by atoms with E-state index >= 15 is 4.39 Å². The van der Waals surface area contributed by atoms with Crippen LogP contribution in [0.3, 0.4) is 0 Å². The Kier molecular flexibility index (Phi) is 6.29. The number of hydrogen-bond donors (Lipinski definition) is 1. The van der Waals surface area contributed by atoms with Crippen LogP contribution in [0.25, 0.3) is 10.1 Å². The van der Waals surface area contributed by atoms with E-state index in [9.17, 15) is 4.79 Å². The van der Waals surface area contributed by atoms with Gasteiger partial charge < -0.3 is 15.1 Å². The van der Waals surface area contributed by atoms with Crippen molar-refractivity contribution in [1.82, 2.24) is 19.8 Å². The highest BCUT2D eigenvalue weighted by Gasteiger charge is 2.31. The quantitative estimate of drug-likeness (QED) is 0.510. The van der Waals surface area contributed by atoms with E-state index in [1.165, 1.54) is 43.6 Å². The van der Waals surface area contributed by atoms with E-state index in [0.29, 0.717) is 17.8 Å². The molecule has 1 atom stereocenters. The summed E-state index contributed by atoms with van der Waals surface area (Å²) in [5.74, 6) is 0.749. The summed E-state index contributed by atoms with van der Waals surface area (Å²) in [5, 5.41) is 4.14. The molecule has 0 unspecified atom stereocenters. The van der Waals surface area contributed by atoms with Crippen LogP contribution in [0.2, 0.25) is 0 Å². The van der Waals surface area contributed by atoms with E-state index in [1.54, 1.807) is 37.5 Å². The second kappa shape index (κ2) is 9.59. The van der Waals surface area contributed by atoms with Crippen LogP contribution in [0.4, 0.5) is 21.7 Å². The van der Waals surface area contributed by atoms with Crippen molar-refractivity contribution in [2.45, 2.75) is 50.5 Å². The first-order valence-electron chi connectivity index (χ1n) is 13.0. The van der Waals surface area contributed by atoms with Gasteiger partial charge in [-0.05, 0) is 49.8 Å². The average Bonchev–Trinajstić information content (AvgIpc) is 3.63. The molecule has 3 aliphatic rings. The van der Waals surface area contributed by atoms with Crippen LogP contribution in [0.1, 0.15) is 59.7 Å². The molecule has 7 nitrogen and oxygen atoms in total. The smallest absolute Gasteiger partial charge is 0.263 e. The van der Waals surface area contributed by atoms with E-state index in [0.717, 1.165) is 58.7 Å². The van der Waals surface area contributed by atoms with Crippen molar-refractivity contribution in [2.24, 2.45) is 0 Å². The molecule has 9 heteroatoms. The number of fused-ring (bicyclic) bond motifs is 2. The van der Waals surface area contributed by atoms with E-state index in [2.05, 4.69) is 25.1 Å². The molecule has 1 saturated carbocycles. The normalized spacial score (nSPS) is 20.8. The van der Waals surface area contributed by atoms with E-state index in [-0.39, 0.29) is 17.5 Å². The monoisotopic (exact) mass is 508 g/mol. The maximum Gasteiger partial charge on any atom is 0.263 e. The van der Waals surface area contributed by atoms with Crippen LogP contribution in [0.15, 0.2) is 24.5 Å². The van der Waals surface area contributed by atoms with Crippen LogP contribution in [-0.2, 0) is 0 Å². The molecule has 6 rings (SSSR count). The van der Waals surface area contributed by atoms with Gasteiger partial charge in [0.05, 0.1) is 21.5 Å². The molecule has 0 aromatic carbocycles. The minimum atomic E-state index is -0.381. The molecular formula is C27H33FN6OS. The van der Waals surface area contributed by atoms with Gasteiger partial charge in [-0.3, -0.25) is 9.69 Å². The Hall–Kier alpha value is -2.78. The number of amides is 1. The lowest BCUT2D eigenvalue weighted by molar-refractivity contribution is 0.0831. The highest BCUT2D eigenvalue weighted by atomic mass is 32.1. The zero-order valence-electron chi connectivity index (χ0n) is 21.0. The van der Waals surface area contributed by atoms with Gasteiger partial charge >= 0.3 is 0 Å². The van der Waals surface area contributed by atoms with Crippen molar-refractivity contribution in [1.29, 1.82) is 0 Å². The molecule has 1 N–H and O–H groups in total.